The van der Waals surface area contributed by atoms with Crippen molar-refractivity contribution in [3.05, 3.63) is 69.0 Å². The Labute approximate surface area is 157 Å². The fraction of sp³-hybridized carbons (Fsp3) is 0.111. The molecule has 0 saturated heterocycles. The summed E-state index contributed by atoms with van der Waals surface area (Å²) in [5, 5.41) is 16.4. The fourth-order valence-corrected chi connectivity index (χ4v) is 3.26. The van der Waals surface area contributed by atoms with E-state index in [9.17, 15) is 5.11 Å². The van der Waals surface area contributed by atoms with Crippen molar-refractivity contribution >= 4 is 33.5 Å². The van der Waals surface area contributed by atoms with Gasteiger partial charge in [-0.1, -0.05) is 28.1 Å². The molecule has 0 bridgehead atoms. The molecule has 128 valence electrons. The van der Waals surface area contributed by atoms with Crippen LogP contribution in [0.2, 0.25) is 0 Å². The lowest BCUT2D eigenvalue weighted by Gasteiger charge is -2.02. The highest BCUT2D eigenvalue weighted by Crippen LogP contribution is 2.22. The zero-order valence-corrected chi connectivity index (χ0v) is 15.9. The van der Waals surface area contributed by atoms with Crippen LogP contribution in [0.3, 0.4) is 0 Å². The molecule has 7 heteroatoms. The summed E-state index contributed by atoms with van der Waals surface area (Å²) < 4.78 is 8.05. The van der Waals surface area contributed by atoms with Gasteiger partial charge in [-0.15, -0.1) is 11.3 Å². The Morgan fingerprint density at radius 1 is 1.44 bits per heavy atom. The van der Waals surface area contributed by atoms with Crippen LogP contribution in [0.5, 0.6) is 5.75 Å². The lowest BCUT2D eigenvalue weighted by molar-refractivity contribution is 0.474. The predicted octanol–water partition coefficient (Wildman–Crippen LogP) is 4.64. The van der Waals surface area contributed by atoms with Crippen LogP contribution in [-0.2, 0) is 0 Å². The molecule has 5 nitrogen and oxygen atoms in total. The van der Waals surface area contributed by atoms with Crippen LogP contribution in [0.4, 0.5) is 0 Å². The van der Waals surface area contributed by atoms with Crippen LogP contribution in [-0.4, -0.2) is 22.5 Å². The third-order valence-electron chi connectivity index (χ3n) is 3.25. The first-order valence-electron chi connectivity index (χ1n) is 7.47. The lowest BCUT2D eigenvalue weighted by atomic mass is 10.2. The van der Waals surface area contributed by atoms with E-state index in [2.05, 4.69) is 32.6 Å². The van der Waals surface area contributed by atoms with E-state index in [0.717, 1.165) is 20.5 Å². The Hall–Kier alpha value is -2.38. The largest absolute Gasteiger partial charge is 0.507 e. The number of thiazole rings is 1. The summed E-state index contributed by atoms with van der Waals surface area (Å²) in [5.74, 6) is 0.853. The van der Waals surface area contributed by atoms with Gasteiger partial charge in [-0.25, -0.2) is 4.68 Å². The molecule has 2 heterocycles. The van der Waals surface area contributed by atoms with Crippen molar-refractivity contribution in [3.8, 4) is 17.2 Å². The summed E-state index contributed by atoms with van der Waals surface area (Å²) in [6.45, 7) is 6.33. The number of rotatable bonds is 5. The van der Waals surface area contributed by atoms with E-state index in [0.29, 0.717) is 17.9 Å². The molecular weight excluding hydrogens is 402 g/mol. The number of phenolic OH excluding ortho intramolecular Hbond substituents is 1. The molecule has 3 aromatic rings. The molecule has 25 heavy (non-hydrogen) atoms. The van der Waals surface area contributed by atoms with E-state index in [1.165, 1.54) is 11.3 Å². The molecule has 0 aliphatic heterocycles. The van der Waals surface area contributed by atoms with Gasteiger partial charge in [-0.2, -0.15) is 5.10 Å². The summed E-state index contributed by atoms with van der Waals surface area (Å²) >= 11 is 4.86. The van der Waals surface area contributed by atoms with Crippen molar-refractivity contribution in [3.63, 3.8) is 0 Å². The van der Waals surface area contributed by atoms with Crippen molar-refractivity contribution < 1.29 is 9.52 Å². The van der Waals surface area contributed by atoms with Crippen LogP contribution in [0, 0.1) is 0 Å². The normalized spacial score (nSPS) is 12.2. The molecule has 0 saturated carbocycles. The van der Waals surface area contributed by atoms with Crippen molar-refractivity contribution in [1.29, 1.82) is 0 Å². The maximum Gasteiger partial charge on any atom is 0.206 e. The molecule has 0 aliphatic rings. The Morgan fingerprint density at radius 2 is 2.28 bits per heavy atom. The van der Waals surface area contributed by atoms with Gasteiger partial charge in [0.25, 0.3) is 0 Å². The number of aromatic hydroxyl groups is 1. The second kappa shape index (κ2) is 7.67. The number of benzene rings is 1. The summed E-state index contributed by atoms with van der Waals surface area (Å²) in [5.41, 5.74) is 2.36. The Morgan fingerprint density at radius 3 is 3.00 bits per heavy atom. The van der Waals surface area contributed by atoms with E-state index in [-0.39, 0.29) is 5.75 Å². The first kappa shape index (κ1) is 17.4. The van der Waals surface area contributed by atoms with E-state index < -0.39 is 0 Å². The van der Waals surface area contributed by atoms with Gasteiger partial charge >= 0.3 is 0 Å². The van der Waals surface area contributed by atoms with E-state index >= 15 is 0 Å². The smallest absolute Gasteiger partial charge is 0.206 e. The first-order valence-corrected chi connectivity index (χ1v) is 9.14. The average molecular weight is 418 g/mol. The highest BCUT2D eigenvalue weighted by Gasteiger charge is 2.10. The Bertz CT molecular complexity index is 984. The van der Waals surface area contributed by atoms with Gasteiger partial charge < -0.3 is 9.52 Å². The number of hydrogen-bond acceptors (Lipinski definition) is 5. The predicted molar refractivity (Wildman–Crippen MR) is 104 cm³/mol. The van der Waals surface area contributed by atoms with Gasteiger partial charge in [-0.3, -0.25) is 4.99 Å². The summed E-state index contributed by atoms with van der Waals surface area (Å²) in [4.78, 5) is 5.27. The van der Waals surface area contributed by atoms with Crippen LogP contribution >= 0.6 is 27.3 Å². The standard InChI is InChI=1S/C18H16BrN3O2S/c1-12(2)9-20-18-22(15(11-25-18)17-4-3-7-24-17)21-10-13-8-14(19)5-6-16(13)23/h3-8,10-11,23H,1,9H2,2H3. The fourth-order valence-electron chi connectivity index (χ4n) is 2.07. The van der Waals surface area contributed by atoms with Crippen molar-refractivity contribution in [1.82, 2.24) is 4.68 Å². The van der Waals surface area contributed by atoms with Gasteiger partial charge in [0.05, 0.1) is 19.0 Å². The number of hydrogen-bond donors (Lipinski definition) is 1. The molecule has 0 radical (unpaired) electrons. The van der Waals surface area contributed by atoms with E-state index in [1.807, 2.05) is 24.4 Å². The molecule has 0 spiro atoms. The first-order chi connectivity index (χ1) is 12.0. The second-order valence-corrected chi connectivity index (χ2v) is 7.17. The molecule has 3 rings (SSSR count). The third-order valence-corrected chi connectivity index (χ3v) is 4.59. The maximum atomic E-state index is 9.99. The molecule has 0 atom stereocenters. The van der Waals surface area contributed by atoms with Gasteiger partial charge in [0.1, 0.15) is 11.4 Å². The minimum atomic E-state index is 0.155. The highest BCUT2D eigenvalue weighted by atomic mass is 79.9. The Kier molecular flexibility index (Phi) is 5.35. The molecule has 1 aromatic carbocycles. The monoisotopic (exact) mass is 417 g/mol. The maximum absolute atomic E-state index is 9.99. The van der Waals surface area contributed by atoms with Gasteiger partial charge in [0.2, 0.25) is 4.80 Å². The average Bonchev–Trinajstić information content (AvgIpc) is 3.22. The zero-order chi connectivity index (χ0) is 17.8. The third kappa shape index (κ3) is 4.18. The molecule has 0 amide bonds. The molecular formula is C18H16BrN3O2S. The summed E-state index contributed by atoms with van der Waals surface area (Å²) in [6, 6.07) is 8.87. The SMILES string of the molecule is C=C(C)CN=c1scc(-c2ccco2)n1N=Cc1cc(Br)ccc1O. The van der Waals surface area contributed by atoms with Crippen molar-refractivity contribution in [2.75, 3.05) is 6.54 Å². The number of phenols is 1. The number of aromatic nitrogens is 1. The quantitative estimate of drug-likeness (QED) is 0.485. The minimum absolute atomic E-state index is 0.155. The van der Waals surface area contributed by atoms with Gasteiger partial charge in [0, 0.05) is 15.4 Å². The molecule has 0 unspecified atom stereocenters. The van der Waals surface area contributed by atoms with Crippen molar-refractivity contribution in [2.24, 2.45) is 10.1 Å². The molecule has 1 N–H and O–H groups in total. The van der Waals surface area contributed by atoms with E-state index in [1.54, 1.807) is 35.4 Å². The molecule has 2 aromatic heterocycles. The minimum Gasteiger partial charge on any atom is -0.507 e. The van der Waals surface area contributed by atoms with Crippen LogP contribution in [0.1, 0.15) is 12.5 Å². The topological polar surface area (TPSA) is 63.0 Å². The van der Waals surface area contributed by atoms with Crippen LogP contribution < -0.4 is 4.80 Å². The Balaban J connectivity index is 2.07. The second-order valence-electron chi connectivity index (χ2n) is 5.41. The van der Waals surface area contributed by atoms with Crippen LogP contribution in [0.15, 0.2) is 73.1 Å². The number of halogens is 1. The number of furan rings is 1. The molecule has 0 aliphatic carbocycles. The summed E-state index contributed by atoms with van der Waals surface area (Å²) in [6.07, 6.45) is 3.21. The van der Waals surface area contributed by atoms with Crippen molar-refractivity contribution in [2.45, 2.75) is 6.92 Å². The zero-order valence-electron chi connectivity index (χ0n) is 13.5. The van der Waals surface area contributed by atoms with E-state index in [4.69, 9.17) is 4.42 Å². The van der Waals surface area contributed by atoms with Gasteiger partial charge in [0.15, 0.2) is 5.76 Å². The van der Waals surface area contributed by atoms with Gasteiger partial charge in [-0.05, 0) is 37.3 Å². The molecule has 0 fully saturated rings. The summed E-state index contributed by atoms with van der Waals surface area (Å²) in [7, 11) is 0. The van der Waals surface area contributed by atoms with Crippen LogP contribution in [0.25, 0.3) is 11.5 Å². The number of nitrogens with zero attached hydrogens (tertiary/aromatic N) is 3. The highest BCUT2D eigenvalue weighted by molar-refractivity contribution is 9.10. The lowest BCUT2D eigenvalue weighted by Crippen LogP contribution is -2.12.